The summed E-state index contributed by atoms with van der Waals surface area (Å²) in [5.74, 6) is -0.771. The van der Waals surface area contributed by atoms with E-state index in [1.165, 1.54) is 6.07 Å². The van der Waals surface area contributed by atoms with Gasteiger partial charge >= 0.3 is 0 Å². The Balaban J connectivity index is 2.65. The van der Waals surface area contributed by atoms with Crippen LogP contribution in [0, 0.1) is 3.57 Å². The fraction of sp³-hybridized carbons (Fsp3) is 0. The lowest BCUT2D eigenvalue weighted by atomic mass is 10.1. The van der Waals surface area contributed by atoms with Gasteiger partial charge in [0, 0.05) is 12.1 Å². The van der Waals surface area contributed by atoms with Gasteiger partial charge in [-0.2, -0.15) is 0 Å². The number of aromatic hydroxyl groups is 3. The second-order valence-corrected chi connectivity index (χ2v) is 5.20. The highest BCUT2D eigenvalue weighted by molar-refractivity contribution is 14.1. The molecule has 3 N–H and O–H groups in total. The van der Waals surface area contributed by atoms with E-state index in [-0.39, 0.29) is 39.2 Å². The number of hydrogen-bond acceptors (Lipinski definition) is 5. The van der Waals surface area contributed by atoms with Crippen molar-refractivity contribution >= 4 is 44.5 Å². The first-order chi connectivity index (χ1) is 8.99. The summed E-state index contributed by atoms with van der Waals surface area (Å²) >= 11 is 1.89. The van der Waals surface area contributed by atoms with Crippen LogP contribution in [-0.2, 0) is 0 Å². The van der Waals surface area contributed by atoms with E-state index in [0.717, 1.165) is 6.07 Å². The molecule has 0 aliphatic heterocycles. The van der Waals surface area contributed by atoms with E-state index in [1.54, 1.807) is 12.1 Å². The van der Waals surface area contributed by atoms with E-state index < -0.39 is 5.43 Å². The van der Waals surface area contributed by atoms with Crippen molar-refractivity contribution in [3.63, 3.8) is 0 Å². The molecule has 0 saturated heterocycles. The number of benzene rings is 2. The molecular weight excluding hydrogens is 363 g/mol. The third-order valence-corrected chi connectivity index (χ3v) is 3.70. The van der Waals surface area contributed by atoms with Crippen LogP contribution in [0.5, 0.6) is 17.2 Å². The van der Waals surface area contributed by atoms with Crippen LogP contribution in [0.3, 0.4) is 0 Å². The molecule has 0 aliphatic carbocycles. The standard InChI is InChI=1S/C13H7IO5/c14-6-1-2-8-11(12(6)17)13(18)10-7(16)3-5(15)4-9(10)19-8/h1-4,15-17H. The predicted molar refractivity (Wildman–Crippen MR) is 77.7 cm³/mol. The van der Waals surface area contributed by atoms with Crippen LogP contribution in [0.4, 0.5) is 0 Å². The molecule has 3 rings (SSSR count). The molecule has 0 bridgehead atoms. The molecule has 1 heterocycles. The molecule has 6 heteroatoms. The van der Waals surface area contributed by atoms with Crippen molar-refractivity contribution < 1.29 is 19.7 Å². The number of phenolic OH excluding ortho intramolecular Hbond substituents is 3. The van der Waals surface area contributed by atoms with Gasteiger partial charge in [-0.05, 0) is 34.7 Å². The molecular formula is C13H7IO5. The Kier molecular flexibility index (Phi) is 2.56. The van der Waals surface area contributed by atoms with Crippen molar-refractivity contribution in [1.82, 2.24) is 0 Å². The molecule has 5 nitrogen and oxygen atoms in total. The van der Waals surface area contributed by atoms with Gasteiger partial charge in [-0.15, -0.1) is 0 Å². The molecule has 3 aromatic rings. The van der Waals surface area contributed by atoms with Crippen LogP contribution in [0.1, 0.15) is 0 Å². The summed E-state index contributed by atoms with van der Waals surface area (Å²) in [5, 5.41) is 29.0. The lowest BCUT2D eigenvalue weighted by Crippen LogP contribution is -2.03. The van der Waals surface area contributed by atoms with Gasteiger partial charge in [-0.1, -0.05) is 0 Å². The lowest BCUT2D eigenvalue weighted by molar-refractivity contribution is 0.453. The Morgan fingerprint density at radius 2 is 1.74 bits per heavy atom. The van der Waals surface area contributed by atoms with Crippen molar-refractivity contribution in [3.8, 4) is 17.2 Å². The van der Waals surface area contributed by atoms with Gasteiger partial charge in [0.15, 0.2) is 0 Å². The predicted octanol–water partition coefficient (Wildman–Crippen LogP) is 2.67. The third-order valence-electron chi connectivity index (χ3n) is 2.83. The minimum atomic E-state index is -0.537. The zero-order chi connectivity index (χ0) is 13.7. The highest BCUT2D eigenvalue weighted by Gasteiger charge is 2.16. The molecule has 2 aromatic carbocycles. The zero-order valence-electron chi connectivity index (χ0n) is 9.35. The van der Waals surface area contributed by atoms with E-state index >= 15 is 0 Å². The van der Waals surface area contributed by atoms with E-state index in [1.807, 2.05) is 22.6 Å². The van der Waals surface area contributed by atoms with Crippen molar-refractivity contribution in [2.75, 3.05) is 0 Å². The molecule has 0 radical (unpaired) electrons. The van der Waals surface area contributed by atoms with Crippen LogP contribution < -0.4 is 5.43 Å². The van der Waals surface area contributed by atoms with Gasteiger partial charge in [-0.3, -0.25) is 4.79 Å². The SMILES string of the molecule is O=c1c2c(O)cc(O)cc2oc2ccc(I)c(O)c12. The highest BCUT2D eigenvalue weighted by Crippen LogP contribution is 2.33. The number of hydrogen-bond donors (Lipinski definition) is 3. The second kappa shape index (κ2) is 4.02. The smallest absolute Gasteiger partial charge is 0.208 e. The first kappa shape index (κ1) is 12.1. The molecule has 0 saturated carbocycles. The average molecular weight is 370 g/mol. The highest BCUT2D eigenvalue weighted by atomic mass is 127. The molecule has 0 aliphatic rings. The van der Waals surface area contributed by atoms with E-state index in [2.05, 4.69) is 0 Å². The van der Waals surface area contributed by atoms with E-state index in [0.29, 0.717) is 3.57 Å². The zero-order valence-corrected chi connectivity index (χ0v) is 11.5. The number of rotatable bonds is 0. The lowest BCUT2D eigenvalue weighted by Gasteiger charge is -2.06. The fourth-order valence-corrected chi connectivity index (χ4v) is 2.44. The monoisotopic (exact) mass is 370 g/mol. The van der Waals surface area contributed by atoms with E-state index in [4.69, 9.17) is 4.42 Å². The van der Waals surface area contributed by atoms with Gasteiger partial charge in [0.1, 0.15) is 39.2 Å². The summed E-state index contributed by atoms with van der Waals surface area (Å²) in [5.41, 5.74) is -0.277. The molecule has 0 atom stereocenters. The number of halogens is 1. The van der Waals surface area contributed by atoms with Crippen LogP contribution >= 0.6 is 22.6 Å². The van der Waals surface area contributed by atoms with Crippen molar-refractivity contribution in [1.29, 1.82) is 0 Å². The molecule has 0 fully saturated rings. The first-order valence-corrected chi connectivity index (χ1v) is 6.37. The summed E-state index contributed by atoms with van der Waals surface area (Å²) < 4.78 is 5.95. The van der Waals surface area contributed by atoms with Gasteiger partial charge in [0.25, 0.3) is 0 Å². The van der Waals surface area contributed by atoms with Crippen LogP contribution in [0.2, 0.25) is 0 Å². The molecule has 96 valence electrons. The van der Waals surface area contributed by atoms with Crippen molar-refractivity contribution in [2.45, 2.75) is 0 Å². The fourth-order valence-electron chi connectivity index (χ4n) is 1.99. The Morgan fingerprint density at radius 1 is 1.00 bits per heavy atom. The Labute approximate surface area is 119 Å². The maximum atomic E-state index is 12.3. The maximum Gasteiger partial charge on any atom is 0.208 e. The molecule has 0 amide bonds. The van der Waals surface area contributed by atoms with Crippen LogP contribution in [0.25, 0.3) is 21.9 Å². The summed E-state index contributed by atoms with van der Waals surface area (Å²) in [6, 6.07) is 5.45. The largest absolute Gasteiger partial charge is 0.508 e. The Morgan fingerprint density at radius 3 is 2.47 bits per heavy atom. The molecule has 19 heavy (non-hydrogen) atoms. The molecule has 0 unspecified atom stereocenters. The normalized spacial score (nSPS) is 11.2. The van der Waals surface area contributed by atoms with Crippen LogP contribution in [0.15, 0.2) is 33.5 Å². The number of fused-ring (bicyclic) bond motifs is 2. The van der Waals surface area contributed by atoms with Crippen LogP contribution in [-0.4, -0.2) is 15.3 Å². The van der Waals surface area contributed by atoms with Gasteiger partial charge in [0.05, 0.1) is 3.57 Å². The summed E-state index contributed by atoms with van der Waals surface area (Å²) in [6.07, 6.45) is 0. The first-order valence-electron chi connectivity index (χ1n) is 5.29. The quantitative estimate of drug-likeness (QED) is 0.418. The Bertz CT molecular complexity index is 882. The Hall–Kier alpha value is -1.96. The summed E-state index contributed by atoms with van der Waals surface area (Å²) in [7, 11) is 0. The number of phenols is 3. The topological polar surface area (TPSA) is 90.9 Å². The van der Waals surface area contributed by atoms with Gasteiger partial charge in [-0.25, -0.2) is 0 Å². The summed E-state index contributed by atoms with van der Waals surface area (Å²) in [6.45, 7) is 0. The van der Waals surface area contributed by atoms with Gasteiger partial charge < -0.3 is 19.7 Å². The van der Waals surface area contributed by atoms with Gasteiger partial charge in [0.2, 0.25) is 5.43 Å². The van der Waals surface area contributed by atoms with E-state index in [9.17, 15) is 20.1 Å². The minimum Gasteiger partial charge on any atom is -0.508 e. The van der Waals surface area contributed by atoms with Crippen molar-refractivity contribution in [2.24, 2.45) is 0 Å². The molecule has 0 spiro atoms. The average Bonchev–Trinajstić information content (AvgIpc) is 2.32. The minimum absolute atomic E-state index is 0.0142. The maximum absolute atomic E-state index is 12.3. The van der Waals surface area contributed by atoms with Crippen molar-refractivity contribution in [3.05, 3.63) is 38.1 Å². The molecule has 1 aromatic heterocycles. The second-order valence-electron chi connectivity index (χ2n) is 4.04. The third kappa shape index (κ3) is 1.71. The summed E-state index contributed by atoms with van der Waals surface area (Å²) in [4.78, 5) is 12.3.